The number of carbonyl (C=O) groups is 1. The third kappa shape index (κ3) is 4.88. The van der Waals surface area contributed by atoms with Gasteiger partial charge in [-0.3, -0.25) is 4.79 Å². The van der Waals surface area contributed by atoms with E-state index in [4.69, 9.17) is 15.2 Å². The van der Waals surface area contributed by atoms with E-state index in [9.17, 15) is 4.79 Å². The first-order valence-electron chi connectivity index (χ1n) is 7.01. The lowest BCUT2D eigenvalue weighted by Crippen LogP contribution is -2.56. The fraction of sp³-hybridized carbons (Fsp3) is 0.533. The summed E-state index contributed by atoms with van der Waals surface area (Å²) < 4.78 is 10.7. The monoisotopic (exact) mass is 314 g/mol. The van der Waals surface area contributed by atoms with Crippen LogP contribution in [-0.2, 0) is 16.1 Å². The van der Waals surface area contributed by atoms with Crippen molar-refractivity contribution in [3.8, 4) is 5.75 Å². The van der Waals surface area contributed by atoms with E-state index in [0.29, 0.717) is 39.2 Å². The molecule has 21 heavy (non-hydrogen) atoms. The molecule has 5 nitrogen and oxygen atoms in total. The Labute approximate surface area is 131 Å². The zero-order valence-electron chi connectivity index (χ0n) is 12.3. The first-order chi connectivity index (χ1) is 9.64. The van der Waals surface area contributed by atoms with Crippen molar-refractivity contribution in [1.29, 1.82) is 0 Å². The second kappa shape index (κ2) is 8.22. The first kappa shape index (κ1) is 17.8. The zero-order chi connectivity index (χ0) is 14.4. The molecule has 0 spiro atoms. The summed E-state index contributed by atoms with van der Waals surface area (Å²) in [6.45, 7) is 4.12. The average Bonchev–Trinajstić information content (AvgIpc) is 2.46. The molecule has 0 unspecified atom stereocenters. The highest BCUT2D eigenvalue weighted by Crippen LogP contribution is 2.18. The normalized spacial score (nSPS) is 16.7. The van der Waals surface area contributed by atoms with E-state index >= 15 is 0 Å². The van der Waals surface area contributed by atoms with Crippen LogP contribution in [0.15, 0.2) is 24.3 Å². The highest BCUT2D eigenvalue weighted by molar-refractivity contribution is 5.86. The van der Waals surface area contributed by atoms with Gasteiger partial charge in [0.25, 0.3) is 0 Å². The molecule has 1 aromatic carbocycles. The largest absolute Gasteiger partial charge is 0.494 e. The summed E-state index contributed by atoms with van der Waals surface area (Å²) >= 11 is 0. The third-order valence-electron chi connectivity index (χ3n) is 3.50. The van der Waals surface area contributed by atoms with Gasteiger partial charge in [-0.25, -0.2) is 0 Å². The molecule has 1 heterocycles. The number of benzene rings is 1. The van der Waals surface area contributed by atoms with E-state index < -0.39 is 5.54 Å². The molecular weight excluding hydrogens is 292 g/mol. The topological polar surface area (TPSA) is 73.6 Å². The molecule has 1 saturated heterocycles. The van der Waals surface area contributed by atoms with Crippen molar-refractivity contribution < 1.29 is 14.3 Å². The summed E-state index contributed by atoms with van der Waals surface area (Å²) in [5.74, 6) is 0.704. The minimum atomic E-state index is -0.796. The number of nitrogens with one attached hydrogen (secondary N) is 1. The summed E-state index contributed by atoms with van der Waals surface area (Å²) in [6.07, 6.45) is 1.13. The van der Waals surface area contributed by atoms with Gasteiger partial charge in [0, 0.05) is 19.8 Å². The molecule has 0 radical (unpaired) electrons. The number of halogens is 1. The second-order valence-corrected chi connectivity index (χ2v) is 5.03. The van der Waals surface area contributed by atoms with Crippen LogP contribution in [0.3, 0.4) is 0 Å². The molecule has 0 atom stereocenters. The molecule has 0 saturated carbocycles. The van der Waals surface area contributed by atoms with Gasteiger partial charge in [0.15, 0.2) is 0 Å². The van der Waals surface area contributed by atoms with Gasteiger partial charge >= 0.3 is 0 Å². The Morgan fingerprint density at radius 3 is 2.81 bits per heavy atom. The highest BCUT2D eigenvalue weighted by atomic mass is 35.5. The van der Waals surface area contributed by atoms with Crippen LogP contribution < -0.4 is 15.8 Å². The van der Waals surface area contributed by atoms with Crippen molar-refractivity contribution in [1.82, 2.24) is 5.32 Å². The third-order valence-corrected chi connectivity index (χ3v) is 3.50. The summed E-state index contributed by atoms with van der Waals surface area (Å²) in [5, 5.41) is 2.90. The predicted molar refractivity (Wildman–Crippen MR) is 83.7 cm³/mol. The predicted octanol–water partition coefficient (Wildman–Crippen LogP) is 1.63. The molecule has 118 valence electrons. The van der Waals surface area contributed by atoms with Crippen molar-refractivity contribution >= 4 is 18.3 Å². The number of nitrogens with two attached hydrogens (primary N) is 1. The molecule has 0 aromatic heterocycles. The fourth-order valence-corrected chi connectivity index (χ4v) is 2.23. The van der Waals surface area contributed by atoms with E-state index in [-0.39, 0.29) is 18.3 Å². The number of rotatable bonds is 5. The molecule has 1 aromatic rings. The van der Waals surface area contributed by atoms with Crippen LogP contribution in [0, 0.1) is 0 Å². The quantitative estimate of drug-likeness (QED) is 0.866. The fourth-order valence-electron chi connectivity index (χ4n) is 2.23. The molecule has 2 rings (SSSR count). The van der Waals surface area contributed by atoms with E-state index in [0.717, 1.165) is 11.3 Å². The summed E-state index contributed by atoms with van der Waals surface area (Å²) in [7, 11) is 0. The Balaban J connectivity index is 0.00000220. The van der Waals surface area contributed by atoms with Gasteiger partial charge in [0.1, 0.15) is 5.75 Å². The van der Waals surface area contributed by atoms with Crippen molar-refractivity contribution in [2.45, 2.75) is 31.8 Å². The highest BCUT2D eigenvalue weighted by Gasteiger charge is 2.35. The van der Waals surface area contributed by atoms with Crippen molar-refractivity contribution in [2.24, 2.45) is 5.73 Å². The minimum absolute atomic E-state index is 0. The Morgan fingerprint density at radius 2 is 2.14 bits per heavy atom. The van der Waals surface area contributed by atoms with Gasteiger partial charge in [-0.2, -0.15) is 0 Å². The second-order valence-electron chi connectivity index (χ2n) is 5.03. The van der Waals surface area contributed by atoms with E-state index in [2.05, 4.69) is 5.32 Å². The Kier molecular flexibility index (Phi) is 6.95. The van der Waals surface area contributed by atoms with Crippen LogP contribution in [0.4, 0.5) is 0 Å². The van der Waals surface area contributed by atoms with Crippen LogP contribution >= 0.6 is 12.4 Å². The van der Waals surface area contributed by atoms with Gasteiger partial charge in [0.2, 0.25) is 5.91 Å². The van der Waals surface area contributed by atoms with E-state index in [1.54, 1.807) is 0 Å². The molecule has 0 bridgehead atoms. The number of carbonyl (C=O) groups excluding carboxylic acids is 1. The molecule has 1 aliphatic rings. The molecule has 6 heteroatoms. The zero-order valence-corrected chi connectivity index (χ0v) is 13.1. The maximum absolute atomic E-state index is 12.2. The molecule has 1 fully saturated rings. The lowest BCUT2D eigenvalue weighted by Gasteiger charge is -2.31. The van der Waals surface area contributed by atoms with Crippen molar-refractivity contribution in [2.75, 3.05) is 19.8 Å². The van der Waals surface area contributed by atoms with Gasteiger partial charge in [-0.1, -0.05) is 12.1 Å². The Morgan fingerprint density at radius 1 is 1.43 bits per heavy atom. The van der Waals surface area contributed by atoms with Gasteiger partial charge < -0.3 is 20.5 Å². The van der Waals surface area contributed by atoms with Crippen molar-refractivity contribution in [3.63, 3.8) is 0 Å². The summed E-state index contributed by atoms with van der Waals surface area (Å²) in [6, 6.07) is 7.70. The van der Waals surface area contributed by atoms with Crippen LogP contribution in [0.5, 0.6) is 5.75 Å². The molecular formula is C15H23ClN2O3. The van der Waals surface area contributed by atoms with Crippen molar-refractivity contribution in [3.05, 3.63) is 29.8 Å². The minimum Gasteiger partial charge on any atom is -0.494 e. The number of amides is 1. The Bertz CT molecular complexity index is 462. The van der Waals surface area contributed by atoms with Crippen LogP contribution in [0.1, 0.15) is 25.3 Å². The maximum atomic E-state index is 12.2. The average molecular weight is 315 g/mol. The van der Waals surface area contributed by atoms with Gasteiger partial charge in [0.05, 0.1) is 12.1 Å². The lowest BCUT2D eigenvalue weighted by molar-refractivity contribution is -0.129. The van der Waals surface area contributed by atoms with Crippen LogP contribution in [0.25, 0.3) is 0 Å². The maximum Gasteiger partial charge on any atom is 0.240 e. The molecule has 0 aliphatic carbocycles. The van der Waals surface area contributed by atoms with Gasteiger partial charge in [-0.05, 0) is 37.5 Å². The van der Waals surface area contributed by atoms with E-state index in [1.807, 2.05) is 31.2 Å². The summed E-state index contributed by atoms with van der Waals surface area (Å²) in [4.78, 5) is 12.2. The number of hydrogen-bond donors (Lipinski definition) is 2. The molecule has 1 amide bonds. The first-order valence-corrected chi connectivity index (χ1v) is 7.01. The standard InChI is InChI=1S/C15H22N2O3.ClH/c1-2-20-13-5-3-4-12(10-13)11-17-14(18)15(16)6-8-19-9-7-15;/h3-5,10H,2,6-9,11,16H2,1H3,(H,17,18);1H. The molecule has 1 aliphatic heterocycles. The van der Waals surface area contributed by atoms with Crippen LogP contribution in [-0.4, -0.2) is 31.3 Å². The molecule has 3 N–H and O–H groups in total. The number of ether oxygens (including phenoxy) is 2. The lowest BCUT2D eigenvalue weighted by atomic mass is 9.90. The number of hydrogen-bond acceptors (Lipinski definition) is 4. The van der Waals surface area contributed by atoms with Crippen LogP contribution in [0.2, 0.25) is 0 Å². The Hall–Kier alpha value is -1.30. The van der Waals surface area contributed by atoms with E-state index in [1.165, 1.54) is 0 Å². The smallest absolute Gasteiger partial charge is 0.240 e. The summed E-state index contributed by atoms with van der Waals surface area (Å²) in [5.41, 5.74) is 6.33. The SMILES string of the molecule is CCOc1cccc(CNC(=O)C2(N)CCOCC2)c1.Cl. The van der Waals surface area contributed by atoms with Gasteiger partial charge in [-0.15, -0.1) is 12.4 Å².